The highest BCUT2D eigenvalue weighted by Crippen LogP contribution is 2.31. The summed E-state index contributed by atoms with van der Waals surface area (Å²) in [7, 11) is 8.51. The summed E-state index contributed by atoms with van der Waals surface area (Å²) in [6.45, 7) is 10.6. The Labute approximate surface area is 185 Å². The molecule has 1 aliphatic heterocycles. The van der Waals surface area contributed by atoms with Crippen molar-refractivity contribution in [3.8, 4) is 10.6 Å². The van der Waals surface area contributed by atoms with E-state index in [2.05, 4.69) is 97.7 Å². The molecule has 0 spiro atoms. The van der Waals surface area contributed by atoms with Gasteiger partial charge in [0.1, 0.15) is 6.54 Å². The Balaban J connectivity index is 2.01. The molecule has 6 heteroatoms. The molecule has 2 aliphatic rings. The molecule has 0 atom stereocenters. The predicted molar refractivity (Wildman–Crippen MR) is 132 cm³/mol. The molecular weight excluding hydrogens is 390 g/mol. The number of hydrogen-bond acceptors (Lipinski definition) is 5. The zero-order valence-corrected chi connectivity index (χ0v) is 20.2. The average molecular weight is 427 g/mol. The highest BCUT2D eigenvalue weighted by Gasteiger charge is 2.13. The van der Waals surface area contributed by atoms with E-state index >= 15 is 0 Å². The maximum Gasteiger partial charge on any atom is 0.201 e. The van der Waals surface area contributed by atoms with Crippen molar-refractivity contribution in [2.45, 2.75) is 13.8 Å². The van der Waals surface area contributed by atoms with E-state index < -0.39 is 0 Å². The summed E-state index contributed by atoms with van der Waals surface area (Å²) in [5.41, 5.74) is 3.43. The van der Waals surface area contributed by atoms with Crippen LogP contribution in [-0.4, -0.2) is 82.2 Å². The topological polar surface area (TPSA) is 25.6 Å². The van der Waals surface area contributed by atoms with E-state index in [9.17, 15) is 0 Å². The normalized spacial score (nSPS) is 12.9. The minimum Gasteiger partial charge on any atom is -0.370 e. The van der Waals surface area contributed by atoms with Crippen molar-refractivity contribution in [2.75, 3.05) is 72.4 Å². The van der Waals surface area contributed by atoms with Crippen LogP contribution in [0, 0.1) is 0 Å². The van der Waals surface area contributed by atoms with Gasteiger partial charge in [-0.25, -0.2) is 9.56 Å². The number of benzene rings is 2. The Morgan fingerprint density at radius 3 is 2.33 bits per heavy atom. The zero-order chi connectivity index (χ0) is 21.7. The van der Waals surface area contributed by atoms with Gasteiger partial charge in [-0.05, 0) is 66.3 Å². The molecule has 0 radical (unpaired) electrons. The molecule has 0 aromatic heterocycles. The third-order valence-corrected chi connectivity index (χ3v) is 6.57. The maximum absolute atomic E-state index is 4.94. The van der Waals surface area contributed by atoms with Gasteiger partial charge in [-0.1, -0.05) is 0 Å². The number of rotatable bonds is 9. The molecular formula is C24H36N5S+. The summed E-state index contributed by atoms with van der Waals surface area (Å²) < 4.78 is 3.68. The second kappa shape index (κ2) is 10.3. The Kier molecular flexibility index (Phi) is 7.81. The molecule has 1 heterocycles. The summed E-state index contributed by atoms with van der Waals surface area (Å²) in [5.74, 6) is 0. The summed E-state index contributed by atoms with van der Waals surface area (Å²) in [6.07, 6.45) is 0. The number of anilines is 1. The number of hydrogen-bond donors (Lipinski definition) is 0. The third-order valence-electron chi connectivity index (χ3n) is 5.48. The van der Waals surface area contributed by atoms with Gasteiger partial charge in [0.2, 0.25) is 5.36 Å². The molecule has 30 heavy (non-hydrogen) atoms. The first-order valence-electron chi connectivity index (χ1n) is 10.9. The smallest absolute Gasteiger partial charge is 0.201 e. The van der Waals surface area contributed by atoms with Crippen molar-refractivity contribution in [1.29, 1.82) is 0 Å². The molecule has 0 bridgehead atoms. The van der Waals surface area contributed by atoms with E-state index in [0.29, 0.717) is 0 Å². The molecule has 0 amide bonds. The molecule has 1 aliphatic carbocycles. The highest BCUT2D eigenvalue weighted by atomic mass is 32.1. The first-order valence-corrected chi connectivity index (χ1v) is 11.7. The molecule has 0 saturated heterocycles. The van der Waals surface area contributed by atoms with Crippen molar-refractivity contribution in [1.82, 2.24) is 19.4 Å². The second-order valence-electron chi connectivity index (χ2n) is 8.28. The fourth-order valence-electron chi connectivity index (χ4n) is 3.58. The van der Waals surface area contributed by atoms with Gasteiger partial charge in [0.05, 0.1) is 27.3 Å². The fourth-order valence-corrected chi connectivity index (χ4v) is 4.61. The van der Waals surface area contributed by atoms with Crippen LogP contribution in [0.15, 0.2) is 36.4 Å². The van der Waals surface area contributed by atoms with E-state index in [1.165, 1.54) is 20.6 Å². The first kappa shape index (κ1) is 22.7. The number of likely N-dealkylation sites (N-methyl/N-ethyl adjacent to an activating group) is 4. The molecule has 1 aromatic rings. The Morgan fingerprint density at radius 2 is 1.67 bits per heavy atom. The van der Waals surface area contributed by atoms with Gasteiger partial charge >= 0.3 is 0 Å². The predicted octanol–water partition coefficient (Wildman–Crippen LogP) is 3.14. The van der Waals surface area contributed by atoms with E-state index in [1.807, 2.05) is 11.3 Å². The van der Waals surface area contributed by atoms with Crippen LogP contribution >= 0.6 is 11.3 Å². The lowest BCUT2D eigenvalue weighted by Crippen LogP contribution is -2.35. The van der Waals surface area contributed by atoms with E-state index in [1.54, 1.807) is 0 Å². The van der Waals surface area contributed by atoms with Gasteiger partial charge in [0, 0.05) is 37.5 Å². The van der Waals surface area contributed by atoms with Crippen LogP contribution in [0.4, 0.5) is 5.69 Å². The van der Waals surface area contributed by atoms with E-state index in [-0.39, 0.29) is 0 Å². The van der Waals surface area contributed by atoms with Crippen molar-refractivity contribution < 1.29 is 0 Å². The minimum atomic E-state index is 1.01. The van der Waals surface area contributed by atoms with Gasteiger partial charge in [0.25, 0.3) is 0 Å². The van der Waals surface area contributed by atoms with Gasteiger partial charge in [-0.2, -0.15) is 0 Å². The molecule has 0 unspecified atom stereocenters. The Bertz CT molecular complexity index is 1010. The lowest BCUT2D eigenvalue weighted by molar-refractivity contribution is 0.385. The third kappa shape index (κ3) is 5.56. The van der Waals surface area contributed by atoms with Gasteiger partial charge in [-0.15, -0.1) is 11.3 Å². The van der Waals surface area contributed by atoms with Crippen LogP contribution in [0.25, 0.3) is 20.8 Å². The monoisotopic (exact) mass is 426 g/mol. The van der Waals surface area contributed by atoms with Crippen molar-refractivity contribution >= 4 is 27.2 Å². The lowest BCUT2D eigenvalue weighted by atomic mass is 10.2. The Hall–Kier alpha value is -2.02. The number of nitrogens with zero attached hydrogens (tertiary/aromatic N) is 5. The zero-order valence-electron chi connectivity index (χ0n) is 19.4. The molecule has 0 saturated carbocycles. The second-order valence-corrected chi connectivity index (χ2v) is 9.37. The average Bonchev–Trinajstić information content (AvgIpc) is 2.72. The fraction of sp³-hybridized carbons (Fsp3) is 0.500. The van der Waals surface area contributed by atoms with Gasteiger partial charge < -0.3 is 14.7 Å². The van der Waals surface area contributed by atoms with Crippen LogP contribution in [0.3, 0.4) is 0 Å². The van der Waals surface area contributed by atoms with Crippen molar-refractivity contribution in [3.63, 3.8) is 0 Å². The van der Waals surface area contributed by atoms with Gasteiger partial charge in [-0.3, -0.25) is 0 Å². The standard InChI is InChI=1S/C24H36N5S/c1-7-28(15-13-26(3)4)19-9-11-21-23(17-19)30-24-18-20(10-12-22(24)25-21)29(8-2)16-14-27(5)6/h9-12,17-18H,7-8,13-16H2,1-6H3/q+1. The van der Waals surface area contributed by atoms with Gasteiger partial charge in [0.15, 0.2) is 6.54 Å². The van der Waals surface area contributed by atoms with E-state index in [0.717, 1.165) is 50.5 Å². The molecule has 0 fully saturated rings. The lowest BCUT2D eigenvalue weighted by Gasteiger charge is -2.25. The van der Waals surface area contributed by atoms with Crippen LogP contribution in [0.5, 0.6) is 0 Å². The molecule has 3 rings (SSSR count). The Morgan fingerprint density at radius 1 is 0.900 bits per heavy atom. The van der Waals surface area contributed by atoms with Crippen LogP contribution in [-0.2, 0) is 0 Å². The molecule has 5 nitrogen and oxygen atoms in total. The van der Waals surface area contributed by atoms with Crippen LogP contribution in [0.2, 0.25) is 0 Å². The first-order chi connectivity index (χ1) is 14.4. The maximum atomic E-state index is 4.94. The molecule has 0 N–H and O–H groups in total. The molecule has 1 aromatic carbocycles. The molecule has 162 valence electrons. The summed E-state index contributed by atoms with van der Waals surface area (Å²) in [5, 5.41) is 1.28. The minimum absolute atomic E-state index is 1.01. The summed E-state index contributed by atoms with van der Waals surface area (Å²) in [6, 6.07) is 13.4. The summed E-state index contributed by atoms with van der Waals surface area (Å²) >= 11 is 1.85. The van der Waals surface area contributed by atoms with Crippen molar-refractivity contribution in [3.05, 3.63) is 41.8 Å². The van der Waals surface area contributed by atoms with Crippen molar-refractivity contribution in [2.24, 2.45) is 0 Å². The van der Waals surface area contributed by atoms with E-state index in [4.69, 9.17) is 4.98 Å². The number of fused-ring (bicyclic) bond motifs is 2. The highest BCUT2D eigenvalue weighted by molar-refractivity contribution is 7.21. The van der Waals surface area contributed by atoms with Crippen LogP contribution in [0.1, 0.15) is 13.8 Å². The van der Waals surface area contributed by atoms with Crippen LogP contribution < -0.4 is 14.8 Å². The SMILES string of the molecule is CCN(CCN(C)C)c1ccc2nc3ccc(=[N+](CC)CCN(C)C)cc-3sc2c1. The quantitative estimate of drug-likeness (QED) is 0.388. The summed E-state index contributed by atoms with van der Waals surface area (Å²) in [4.78, 5) is 13.1. The number of aromatic nitrogens is 1. The largest absolute Gasteiger partial charge is 0.370 e.